The first-order valence-electron chi connectivity index (χ1n) is 4.48. The zero-order valence-electron chi connectivity index (χ0n) is 8.14. The summed E-state index contributed by atoms with van der Waals surface area (Å²) in [5.41, 5.74) is 6.17. The number of hydrogen-bond donors (Lipinski definition) is 1. The van der Waals surface area contributed by atoms with E-state index in [2.05, 4.69) is 4.98 Å². The molecule has 3 nitrogen and oxygen atoms in total. The van der Waals surface area contributed by atoms with Crippen molar-refractivity contribution < 1.29 is 4.79 Å². The fourth-order valence-corrected chi connectivity index (χ4v) is 3.27. The van der Waals surface area contributed by atoms with E-state index >= 15 is 0 Å². The van der Waals surface area contributed by atoms with Gasteiger partial charge in [0, 0.05) is 0 Å². The number of benzene rings is 1. The van der Waals surface area contributed by atoms with E-state index in [-0.39, 0.29) is 11.2 Å². The molecule has 0 unspecified atom stereocenters. The third kappa shape index (κ3) is 2.30. The van der Waals surface area contributed by atoms with E-state index in [4.69, 9.17) is 5.73 Å². The van der Waals surface area contributed by atoms with Crippen LogP contribution in [-0.2, 0) is 4.79 Å². The molecule has 1 aromatic carbocycles. The molecule has 78 valence electrons. The highest BCUT2D eigenvalue weighted by molar-refractivity contribution is 8.02. The minimum Gasteiger partial charge on any atom is -0.369 e. The molecule has 1 amide bonds. The average molecular weight is 238 g/mol. The Labute approximate surface area is 95.7 Å². The molecule has 2 rings (SSSR count). The lowest BCUT2D eigenvalue weighted by molar-refractivity contribution is -0.117. The Morgan fingerprint density at radius 3 is 2.93 bits per heavy atom. The van der Waals surface area contributed by atoms with Gasteiger partial charge in [-0.1, -0.05) is 23.9 Å². The fourth-order valence-electron chi connectivity index (χ4n) is 1.11. The maximum Gasteiger partial charge on any atom is 0.230 e. The van der Waals surface area contributed by atoms with Crippen LogP contribution in [0.1, 0.15) is 6.92 Å². The predicted molar refractivity (Wildman–Crippen MR) is 64.1 cm³/mol. The monoisotopic (exact) mass is 238 g/mol. The first kappa shape index (κ1) is 10.4. The van der Waals surface area contributed by atoms with Crippen LogP contribution in [0.15, 0.2) is 28.6 Å². The predicted octanol–water partition coefficient (Wildman–Crippen LogP) is 2.26. The molecule has 1 aromatic heterocycles. The van der Waals surface area contributed by atoms with Crippen molar-refractivity contribution in [2.24, 2.45) is 5.73 Å². The lowest BCUT2D eigenvalue weighted by Crippen LogP contribution is -2.22. The van der Waals surface area contributed by atoms with Crippen molar-refractivity contribution in [3.63, 3.8) is 0 Å². The molecule has 0 aliphatic rings. The van der Waals surface area contributed by atoms with Crippen LogP contribution in [0.4, 0.5) is 0 Å². The number of carbonyl (C=O) groups is 1. The van der Waals surface area contributed by atoms with Crippen molar-refractivity contribution >= 4 is 39.2 Å². The number of thioether (sulfide) groups is 1. The Hall–Kier alpha value is -1.07. The second-order valence-corrected chi connectivity index (χ2v) is 5.73. The summed E-state index contributed by atoms with van der Waals surface area (Å²) in [6, 6.07) is 7.91. The van der Waals surface area contributed by atoms with Gasteiger partial charge >= 0.3 is 0 Å². The number of nitrogens with two attached hydrogens (primary N) is 1. The number of thiazole rings is 1. The summed E-state index contributed by atoms with van der Waals surface area (Å²) in [6.45, 7) is 1.79. The zero-order valence-corrected chi connectivity index (χ0v) is 9.77. The van der Waals surface area contributed by atoms with E-state index in [9.17, 15) is 4.79 Å². The molecule has 2 aromatic rings. The van der Waals surface area contributed by atoms with E-state index in [0.29, 0.717) is 0 Å². The number of nitrogens with zero attached hydrogens (tertiary/aromatic N) is 1. The Morgan fingerprint density at radius 2 is 2.27 bits per heavy atom. The van der Waals surface area contributed by atoms with Crippen LogP contribution in [0.5, 0.6) is 0 Å². The zero-order chi connectivity index (χ0) is 10.8. The number of hydrogen-bond acceptors (Lipinski definition) is 4. The van der Waals surface area contributed by atoms with Gasteiger partial charge in [-0.3, -0.25) is 4.79 Å². The van der Waals surface area contributed by atoms with Crippen molar-refractivity contribution in [2.45, 2.75) is 16.5 Å². The molecule has 0 spiro atoms. The van der Waals surface area contributed by atoms with Crippen molar-refractivity contribution in [3.05, 3.63) is 24.3 Å². The summed E-state index contributed by atoms with van der Waals surface area (Å²) in [4.78, 5) is 15.3. The second-order valence-electron chi connectivity index (χ2n) is 3.11. The lowest BCUT2D eigenvalue weighted by atomic mass is 10.3. The summed E-state index contributed by atoms with van der Waals surface area (Å²) in [5, 5.41) is -0.231. The normalized spacial score (nSPS) is 12.9. The van der Waals surface area contributed by atoms with Gasteiger partial charge in [0.1, 0.15) is 0 Å². The molecular weight excluding hydrogens is 228 g/mol. The third-order valence-corrected chi connectivity index (χ3v) is 4.20. The van der Waals surface area contributed by atoms with Gasteiger partial charge in [0.2, 0.25) is 5.91 Å². The van der Waals surface area contributed by atoms with Crippen molar-refractivity contribution in [1.29, 1.82) is 0 Å². The van der Waals surface area contributed by atoms with Gasteiger partial charge in [-0.15, -0.1) is 11.3 Å². The number of para-hydroxylation sites is 1. The smallest absolute Gasteiger partial charge is 0.230 e. The molecule has 2 N–H and O–H groups in total. The molecular formula is C10H10N2OS2. The van der Waals surface area contributed by atoms with Crippen LogP contribution < -0.4 is 5.73 Å². The maximum atomic E-state index is 10.9. The summed E-state index contributed by atoms with van der Waals surface area (Å²) >= 11 is 3.00. The summed E-state index contributed by atoms with van der Waals surface area (Å²) in [7, 11) is 0. The topological polar surface area (TPSA) is 56.0 Å². The molecule has 0 fully saturated rings. The van der Waals surface area contributed by atoms with Crippen molar-refractivity contribution in [2.75, 3.05) is 0 Å². The SMILES string of the molecule is C[C@@H](Sc1nc2ccccc2s1)C(N)=O. The highest BCUT2D eigenvalue weighted by atomic mass is 32.2. The molecule has 0 radical (unpaired) electrons. The highest BCUT2D eigenvalue weighted by Crippen LogP contribution is 2.31. The number of rotatable bonds is 3. The van der Waals surface area contributed by atoms with Crippen LogP contribution in [0.3, 0.4) is 0 Å². The summed E-state index contributed by atoms with van der Waals surface area (Å²) in [5.74, 6) is -0.306. The lowest BCUT2D eigenvalue weighted by Gasteiger charge is -2.01. The van der Waals surface area contributed by atoms with Crippen LogP contribution in [0.2, 0.25) is 0 Å². The summed E-state index contributed by atoms with van der Waals surface area (Å²) in [6.07, 6.45) is 0. The Kier molecular flexibility index (Phi) is 2.93. The van der Waals surface area contributed by atoms with Crippen LogP contribution in [0.25, 0.3) is 10.2 Å². The van der Waals surface area contributed by atoms with Crippen molar-refractivity contribution in [1.82, 2.24) is 4.98 Å². The van der Waals surface area contributed by atoms with Gasteiger partial charge in [0.05, 0.1) is 15.5 Å². The standard InChI is InChI=1S/C10H10N2OS2/c1-6(9(11)13)14-10-12-7-4-2-3-5-8(7)15-10/h2-6H,1H3,(H2,11,13)/t6-/m1/s1. The number of primary amides is 1. The molecule has 1 atom stereocenters. The largest absolute Gasteiger partial charge is 0.369 e. The molecule has 1 heterocycles. The van der Waals surface area contributed by atoms with Gasteiger partial charge in [-0.05, 0) is 19.1 Å². The first-order valence-corrected chi connectivity index (χ1v) is 6.18. The van der Waals surface area contributed by atoms with E-state index in [1.165, 1.54) is 11.8 Å². The van der Waals surface area contributed by atoms with E-state index in [1.54, 1.807) is 18.3 Å². The summed E-state index contributed by atoms with van der Waals surface area (Å²) < 4.78 is 2.03. The number of aromatic nitrogens is 1. The third-order valence-electron chi connectivity index (χ3n) is 1.95. The number of amides is 1. The van der Waals surface area contributed by atoms with E-state index in [1.807, 2.05) is 24.3 Å². The Balaban J connectivity index is 2.26. The van der Waals surface area contributed by atoms with Crippen LogP contribution >= 0.6 is 23.1 Å². The van der Waals surface area contributed by atoms with Crippen LogP contribution in [0, 0.1) is 0 Å². The minimum atomic E-state index is -0.306. The molecule has 0 bridgehead atoms. The molecule has 0 aliphatic carbocycles. The molecule has 0 saturated carbocycles. The second kappa shape index (κ2) is 4.20. The maximum absolute atomic E-state index is 10.9. The van der Waals surface area contributed by atoms with Gasteiger partial charge < -0.3 is 5.73 Å². The Bertz CT molecular complexity index is 462. The Morgan fingerprint density at radius 1 is 1.53 bits per heavy atom. The average Bonchev–Trinajstić information content (AvgIpc) is 2.59. The first-order chi connectivity index (χ1) is 7.16. The molecule has 0 saturated heterocycles. The van der Waals surface area contributed by atoms with Gasteiger partial charge in [-0.2, -0.15) is 0 Å². The number of fused-ring (bicyclic) bond motifs is 1. The quantitative estimate of drug-likeness (QED) is 0.834. The van der Waals surface area contributed by atoms with E-state index < -0.39 is 0 Å². The molecule has 5 heteroatoms. The van der Waals surface area contributed by atoms with Crippen LogP contribution in [-0.4, -0.2) is 16.1 Å². The molecule has 15 heavy (non-hydrogen) atoms. The van der Waals surface area contributed by atoms with Crippen molar-refractivity contribution in [3.8, 4) is 0 Å². The van der Waals surface area contributed by atoms with Gasteiger partial charge in [-0.25, -0.2) is 4.98 Å². The van der Waals surface area contributed by atoms with Gasteiger partial charge in [0.15, 0.2) is 4.34 Å². The van der Waals surface area contributed by atoms with E-state index in [0.717, 1.165) is 14.6 Å². The fraction of sp³-hybridized carbons (Fsp3) is 0.200. The molecule has 0 aliphatic heterocycles. The highest BCUT2D eigenvalue weighted by Gasteiger charge is 2.13. The van der Waals surface area contributed by atoms with Gasteiger partial charge in [0.25, 0.3) is 0 Å². The minimum absolute atomic E-state index is 0.231. The number of carbonyl (C=O) groups excluding carboxylic acids is 1.